The Bertz CT molecular complexity index is 549. The van der Waals surface area contributed by atoms with E-state index >= 15 is 0 Å². The molecule has 20 heavy (non-hydrogen) atoms. The van der Waals surface area contributed by atoms with Crippen LogP contribution in [0.2, 0.25) is 0 Å². The van der Waals surface area contributed by atoms with Crippen molar-refractivity contribution >= 4 is 29.1 Å². The van der Waals surface area contributed by atoms with Gasteiger partial charge in [-0.05, 0) is 25.5 Å². The fourth-order valence-electron chi connectivity index (χ4n) is 2.21. The standard InChI is InChI=1S/C14H15Cl2NO3/c1-13(8-14(13,15)16)12(18)17-6-9-7-19-10-4-2-3-5-11(10)20-9/h2-5,9H,6-8H2,1H3,(H,17,18)/t9-,13-/m0/s1. The van der Waals surface area contributed by atoms with Gasteiger partial charge in [-0.1, -0.05) is 12.1 Å². The van der Waals surface area contributed by atoms with Gasteiger partial charge in [0.25, 0.3) is 0 Å². The van der Waals surface area contributed by atoms with Crippen molar-refractivity contribution in [1.29, 1.82) is 0 Å². The lowest BCUT2D eigenvalue weighted by atomic mass is 10.1. The summed E-state index contributed by atoms with van der Waals surface area (Å²) >= 11 is 12.0. The van der Waals surface area contributed by atoms with Gasteiger partial charge in [0.05, 0.1) is 12.0 Å². The van der Waals surface area contributed by atoms with Gasteiger partial charge in [-0.25, -0.2) is 0 Å². The van der Waals surface area contributed by atoms with Crippen LogP contribution in [0.25, 0.3) is 0 Å². The maximum absolute atomic E-state index is 12.1. The van der Waals surface area contributed by atoms with E-state index in [1.165, 1.54) is 0 Å². The third kappa shape index (κ3) is 2.31. The number of nitrogens with one attached hydrogen (secondary N) is 1. The van der Waals surface area contributed by atoms with Crippen molar-refractivity contribution in [2.75, 3.05) is 13.2 Å². The summed E-state index contributed by atoms with van der Waals surface area (Å²) in [5.41, 5.74) is -0.705. The first kappa shape index (κ1) is 13.8. The zero-order valence-corrected chi connectivity index (χ0v) is 12.5. The highest BCUT2D eigenvalue weighted by Gasteiger charge is 2.67. The summed E-state index contributed by atoms with van der Waals surface area (Å²) in [7, 11) is 0. The zero-order chi connectivity index (χ0) is 14.4. The van der Waals surface area contributed by atoms with Crippen LogP contribution in [-0.4, -0.2) is 29.5 Å². The van der Waals surface area contributed by atoms with E-state index in [1.807, 2.05) is 24.3 Å². The van der Waals surface area contributed by atoms with Crippen LogP contribution in [0.3, 0.4) is 0 Å². The minimum atomic E-state index is -0.951. The molecule has 0 spiro atoms. The summed E-state index contributed by atoms with van der Waals surface area (Å²) in [5.74, 6) is 1.27. The van der Waals surface area contributed by atoms with Crippen molar-refractivity contribution in [3.8, 4) is 11.5 Å². The highest BCUT2D eigenvalue weighted by Crippen LogP contribution is 2.63. The predicted octanol–water partition coefficient (Wildman–Crippen LogP) is 2.53. The van der Waals surface area contributed by atoms with E-state index in [0.29, 0.717) is 25.3 Å². The normalized spacial score (nSPS) is 29.6. The van der Waals surface area contributed by atoms with E-state index in [1.54, 1.807) is 6.92 Å². The molecule has 1 aliphatic carbocycles. The molecule has 1 aromatic rings. The van der Waals surface area contributed by atoms with Crippen LogP contribution >= 0.6 is 23.2 Å². The molecule has 1 amide bonds. The van der Waals surface area contributed by atoms with Crippen molar-refractivity contribution in [3.63, 3.8) is 0 Å². The van der Waals surface area contributed by atoms with Gasteiger partial charge in [0, 0.05) is 0 Å². The van der Waals surface area contributed by atoms with Gasteiger partial charge in [0.1, 0.15) is 17.0 Å². The predicted molar refractivity (Wildman–Crippen MR) is 76.5 cm³/mol. The largest absolute Gasteiger partial charge is 0.486 e. The number of benzene rings is 1. The van der Waals surface area contributed by atoms with Crippen molar-refractivity contribution in [3.05, 3.63) is 24.3 Å². The first-order valence-electron chi connectivity index (χ1n) is 6.47. The number of hydrogen-bond donors (Lipinski definition) is 1. The lowest BCUT2D eigenvalue weighted by Gasteiger charge is -2.27. The van der Waals surface area contributed by atoms with Gasteiger partial charge in [-0.3, -0.25) is 4.79 Å². The average Bonchev–Trinajstić information content (AvgIpc) is 2.96. The second kappa shape index (κ2) is 4.71. The highest BCUT2D eigenvalue weighted by atomic mass is 35.5. The van der Waals surface area contributed by atoms with Crippen LogP contribution in [-0.2, 0) is 4.79 Å². The van der Waals surface area contributed by atoms with E-state index in [9.17, 15) is 4.79 Å². The minimum Gasteiger partial charge on any atom is -0.486 e. The minimum absolute atomic E-state index is 0.148. The number of fused-ring (bicyclic) bond motifs is 1. The molecule has 0 saturated heterocycles. The van der Waals surface area contributed by atoms with Gasteiger partial charge < -0.3 is 14.8 Å². The zero-order valence-electron chi connectivity index (χ0n) is 11.0. The van der Waals surface area contributed by atoms with E-state index in [0.717, 1.165) is 5.75 Å². The third-order valence-electron chi connectivity index (χ3n) is 3.82. The molecule has 1 heterocycles. The van der Waals surface area contributed by atoms with Crippen molar-refractivity contribution < 1.29 is 14.3 Å². The lowest BCUT2D eigenvalue weighted by Crippen LogP contribution is -2.43. The number of alkyl halides is 2. The summed E-state index contributed by atoms with van der Waals surface area (Å²) in [6.45, 7) is 2.53. The van der Waals surface area contributed by atoms with E-state index in [-0.39, 0.29) is 12.0 Å². The van der Waals surface area contributed by atoms with Crippen LogP contribution < -0.4 is 14.8 Å². The maximum Gasteiger partial charge on any atom is 0.229 e. The Morgan fingerprint density at radius 2 is 2.05 bits per heavy atom. The summed E-state index contributed by atoms with van der Waals surface area (Å²) in [4.78, 5) is 12.1. The summed E-state index contributed by atoms with van der Waals surface area (Å²) in [6.07, 6.45) is 0.260. The van der Waals surface area contributed by atoms with Crippen molar-refractivity contribution in [2.24, 2.45) is 5.41 Å². The molecule has 108 valence electrons. The lowest BCUT2D eigenvalue weighted by molar-refractivity contribution is -0.126. The smallest absolute Gasteiger partial charge is 0.229 e. The molecule has 1 saturated carbocycles. The average molecular weight is 316 g/mol. The number of rotatable bonds is 3. The quantitative estimate of drug-likeness (QED) is 0.872. The molecular formula is C14H15Cl2NO3. The molecule has 3 rings (SSSR count). The Kier molecular flexibility index (Phi) is 3.26. The molecule has 0 aromatic heterocycles. The molecule has 1 aliphatic heterocycles. The molecule has 2 atom stereocenters. The molecule has 0 bridgehead atoms. The Labute approximate surface area is 127 Å². The van der Waals surface area contributed by atoms with Crippen LogP contribution in [0, 0.1) is 5.41 Å². The number of amides is 1. The molecule has 1 aromatic carbocycles. The van der Waals surface area contributed by atoms with Gasteiger partial charge in [-0.2, -0.15) is 0 Å². The molecule has 4 nitrogen and oxygen atoms in total. The molecule has 1 N–H and O–H groups in total. The van der Waals surface area contributed by atoms with E-state index < -0.39 is 9.75 Å². The molecule has 0 unspecified atom stereocenters. The Balaban J connectivity index is 1.55. The van der Waals surface area contributed by atoms with Gasteiger partial charge >= 0.3 is 0 Å². The Morgan fingerprint density at radius 3 is 2.70 bits per heavy atom. The van der Waals surface area contributed by atoms with E-state index in [4.69, 9.17) is 32.7 Å². The Hall–Kier alpha value is -1.13. The van der Waals surface area contributed by atoms with Gasteiger partial charge in [0.15, 0.2) is 11.5 Å². The maximum atomic E-state index is 12.1. The van der Waals surface area contributed by atoms with Crippen LogP contribution in [0.4, 0.5) is 0 Å². The fraction of sp³-hybridized carbons (Fsp3) is 0.500. The number of para-hydroxylation sites is 2. The monoisotopic (exact) mass is 315 g/mol. The summed E-state index contributed by atoms with van der Waals surface area (Å²) in [5, 5.41) is 2.83. The van der Waals surface area contributed by atoms with Gasteiger partial charge in [0.2, 0.25) is 5.91 Å². The number of ether oxygens (including phenoxy) is 2. The highest BCUT2D eigenvalue weighted by molar-refractivity contribution is 6.53. The topological polar surface area (TPSA) is 47.6 Å². The first-order valence-corrected chi connectivity index (χ1v) is 7.23. The SMILES string of the molecule is C[C@@]1(C(=O)NC[C@H]2COc3ccccc3O2)CC1(Cl)Cl. The second-order valence-electron chi connectivity index (χ2n) is 5.42. The van der Waals surface area contributed by atoms with Crippen LogP contribution in [0.5, 0.6) is 11.5 Å². The van der Waals surface area contributed by atoms with Crippen LogP contribution in [0.1, 0.15) is 13.3 Å². The number of halogens is 2. The summed E-state index contributed by atoms with van der Waals surface area (Å²) < 4.78 is 10.4. The number of carbonyl (C=O) groups excluding carboxylic acids is 1. The molecule has 6 heteroatoms. The summed E-state index contributed by atoms with van der Waals surface area (Å²) in [6, 6.07) is 7.46. The van der Waals surface area contributed by atoms with Crippen molar-refractivity contribution in [2.45, 2.75) is 23.8 Å². The molecule has 2 aliphatic rings. The van der Waals surface area contributed by atoms with Crippen LogP contribution in [0.15, 0.2) is 24.3 Å². The second-order valence-corrected chi connectivity index (χ2v) is 6.90. The molecule has 1 fully saturated rings. The molecular weight excluding hydrogens is 301 g/mol. The van der Waals surface area contributed by atoms with Crippen molar-refractivity contribution in [1.82, 2.24) is 5.32 Å². The number of carbonyl (C=O) groups is 1. The fourth-order valence-corrected chi connectivity index (χ4v) is 2.92. The Morgan fingerprint density at radius 1 is 1.40 bits per heavy atom. The molecule has 0 radical (unpaired) electrons. The van der Waals surface area contributed by atoms with Gasteiger partial charge in [-0.15, -0.1) is 23.2 Å². The number of hydrogen-bond acceptors (Lipinski definition) is 3. The first-order chi connectivity index (χ1) is 9.42. The van der Waals surface area contributed by atoms with E-state index in [2.05, 4.69) is 5.32 Å². The third-order valence-corrected chi connectivity index (χ3v) is 4.92.